The summed E-state index contributed by atoms with van der Waals surface area (Å²) in [5.41, 5.74) is 6.89. The van der Waals surface area contributed by atoms with E-state index >= 15 is 0 Å². The van der Waals surface area contributed by atoms with Gasteiger partial charge in [0.2, 0.25) is 0 Å². The average molecular weight is 632 g/mol. The van der Waals surface area contributed by atoms with Crippen molar-refractivity contribution in [1.29, 1.82) is 0 Å². The molecular formula is C29H54N5O4PS2. The molecular weight excluding hydrogens is 577 g/mol. The number of hydrogen-bond donors (Lipinski definition) is 5. The van der Waals surface area contributed by atoms with Crippen LogP contribution < -0.4 is 5.73 Å². The Bertz CT molecular complexity index is 1040. The van der Waals surface area contributed by atoms with Gasteiger partial charge in [0.1, 0.15) is 11.8 Å². The van der Waals surface area contributed by atoms with E-state index in [1.165, 1.54) is 89.8 Å². The van der Waals surface area contributed by atoms with Crippen molar-refractivity contribution in [2.75, 3.05) is 5.73 Å². The van der Waals surface area contributed by atoms with Crippen LogP contribution in [0, 0.1) is 0 Å². The molecule has 0 saturated heterocycles. The lowest BCUT2D eigenvalue weighted by Gasteiger charge is -2.26. The quantitative estimate of drug-likeness (QED) is 0.0341. The number of anilines is 1. The van der Waals surface area contributed by atoms with Gasteiger partial charge in [-0.2, -0.15) is 25.3 Å². The summed E-state index contributed by atoms with van der Waals surface area (Å²) < 4.78 is 19.3. The van der Waals surface area contributed by atoms with Gasteiger partial charge in [0.25, 0.3) is 0 Å². The third-order valence-corrected chi connectivity index (χ3v) is 9.63. The molecule has 2 aromatic rings. The molecule has 0 aliphatic carbocycles. The number of rotatable bonds is 24. The minimum atomic E-state index is -4.45. The molecule has 0 unspecified atom stereocenters. The van der Waals surface area contributed by atoms with Crippen LogP contribution >= 0.6 is 32.9 Å². The first kappa shape index (κ1) is 36.4. The fourth-order valence-electron chi connectivity index (χ4n) is 5.22. The first-order valence-electron chi connectivity index (χ1n) is 15.6. The van der Waals surface area contributed by atoms with E-state index in [9.17, 15) is 14.4 Å². The van der Waals surface area contributed by atoms with E-state index < -0.39 is 23.6 Å². The van der Waals surface area contributed by atoms with E-state index in [4.69, 9.17) is 35.7 Å². The minimum absolute atomic E-state index is 0.232. The lowest BCUT2D eigenvalue weighted by atomic mass is 10.0. The van der Waals surface area contributed by atoms with Gasteiger partial charge in [-0.15, -0.1) is 0 Å². The van der Waals surface area contributed by atoms with Gasteiger partial charge in [-0.1, -0.05) is 96.8 Å². The van der Waals surface area contributed by atoms with E-state index in [1.807, 2.05) is 0 Å². The maximum atomic E-state index is 12.2. The van der Waals surface area contributed by atoms with Gasteiger partial charge in [0, 0.05) is 0 Å². The van der Waals surface area contributed by atoms with Gasteiger partial charge in [0.05, 0.1) is 23.1 Å². The van der Waals surface area contributed by atoms with Crippen molar-refractivity contribution in [2.45, 2.75) is 152 Å². The third kappa shape index (κ3) is 14.9. The standard InChI is InChI=1S/C29H54N5O4PS2/c1-3-4-5-6-7-8-9-10-11-12-13-14-15-16-19-29(40,41)20-17-18-25(39(35,36)37)38-24(2)21-34-23-33-26-27(30)31-22-32-28(26)34/h22-25,40-41H,3-21H2,1-2H3,(H2,30,31,32)(H2,35,36,37)/t24-,25-/m1/s1. The molecule has 0 bridgehead atoms. The highest BCUT2D eigenvalue weighted by molar-refractivity contribution is 8.00. The second-order valence-corrected chi connectivity index (χ2v) is 15.4. The zero-order valence-corrected chi connectivity index (χ0v) is 27.8. The molecule has 2 rings (SSSR count). The van der Waals surface area contributed by atoms with Gasteiger partial charge in [-0.25, -0.2) is 15.0 Å². The Morgan fingerprint density at radius 1 is 0.902 bits per heavy atom. The summed E-state index contributed by atoms with van der Waals surface area (Å²) in [4.78, 5) is 32.2. The van der Waals surface area contributed by atoms with Gasteiger partial charge >= 0.3 is 7.60 Å². The third-order valence-electron chi connectivity index (χ3n) is 7.61. The summed E-state index contributed by atoms with van der Waals surface area (Å²) in [7, 11) is -4.45. The number of ether oxygens (including phenoxy) is 1. The molecule has 12 heteroatoms. The second-order valence-electron chi connectivity index (χ2n) is 11.5. The highest BCUT2D eigenvalue weighted by atomic mass is 32.2. The van der Waals surface area contributed by atoms with Gasteiger partial charge < -0.3 is 24.8 Å². The molecule has 0 aromatic carbocycles. The van der Waals surface area contributed by atoms with E-state index in [-0.39, 0.29) is 12.2 Å². The van der Waals surface area contributed by atoms with Gasteiger partial charge in [-0.3, -0.25) is 4.57 Å². The average Bonchev–Trinajstić information content (AvgIpc) is 3.31. The number of imidazole rings is 1. The van der Waals surface area contributed by atoms with Crippen LogP contribution in [0.25, 0.3) is 11.2 Å². The smallest absolute Gasteiger partial charge is 0.354 e. The number of fused-ring (bicyclic) bond motifs is 1. The summed E-state index contributed by atoms with van der Waals surface area (Å²) in [5, 5.41) is 0. The molecule has 2 atom stereocenters. The molecule has 4 N–H and O–H groups in total. The summed E-state index contributed by atoms with van der Waals surface area (Å²) in [6, 6.07) is 0. The minimum Gasteiger partial charge on any atom is -0.382 e. The molecule has 0 fully saturated rings. The van der Waals surface area contributed by atoms with E-state index in [0.717, 1.165) is 12.8 Å². The van der Waals surface area contributed by atoms with Crippen LogP contribution in [0.2, 0.25) is 0 Å². The molecule has 2 heterocycles. The lowest BCUT2D eigenvalue weighted by molar-refractivity contribution is 0.0141. The fourth-order valence-corrected chi connectivity index (χ4v) is 6.74. The van der Waals surface area contributed by atoms with Crippen molar-refractivity contribution in [3.05, 3.63) is 12.7 Å². The highest BCUT2D eigenvalue weighted by Gasteiger charge is 2.32. The number of nitrogens with zero attached hydrogens (tertiary/aromatic N) is 4. The van der Waals surface area contributed by atoms with Crippen LogP contribution in [0.1, 0.15) is 129 Å². The SMILES string of the molecule is CCCCCCCCCCCCCCCCC(S)(S)CCC[C@H](O[C@H](C)Cn1cnc2c(N)ncnc21)P(=O)(O)O. The zero-order chi connectivity index (χ0) is 30.1. The molecule has 0 amide bonds. The number of nitrogens with two attached hydrogens (primary N) is 1. The molecule has 2 aromatic heterocycles. The molecule has 0 aliphatic heterocycles. The number of aromatic nitrogens is 4. The summed E-state index contributed by atoms with van der Waals surface area (Å²) in [6.07, 6.45) is 23.3. The first-order chi connectivity index (χ1) is 19.5. The summed E-state index contributed by atoms with van der Waals surface area (Å²) in [5.74, 6) is -0.906. The Morgan fingerprint density at radius 3 is 2.00 bits per heavy atom. The van der Waals surface area contributed by atoms with E-state index in [0.29, 0.717) is 30.6 Å². The fraction of sp³-hybridized carbons (Fsp3) is 0.828. The number of hydrogen-bond acceptors (Lipinski definition) is 8. The van der Waals surface area contributed by atoms with Crippen molar-refractivity contribution < 1.29 is 19.1 Å². The topological polar surface area (TPSA) is 136 Å². The van der Waals surface area contributed by atoms with Crippen molar-refractivity contribution in [3.63, 3.8) is 0 Å². The van der Waals surface area contributed by atoms with Gasteiger partial charge in [0.15, 0.2) is 17.3 Å². The highest BCUT2D eigenvalue weighted by Crippen LogP contribution is 2.45. The summed E-state index contributed by atoms with van der Waals surface area (Å²) in [6.45, 7) is 4.36. The normalized spacial score (nSPS) is 14.1. The first-order valence-corrected chi connectivity index (χ1v) is 18.2. The predicted molar refractivity (Wildman–Crippen MR) is 176 cm³/mol. The molecule has 0 radical (unpaired) electrons. The monoisotopic (exact) mass is 631 g/mol. The maximum Gasteiger partial charge on any atom is 0.354 e. The van der Waals surface area contributed by atoms with Crippen molar-refractivity contribution in [1.82, 2.24) is 19.5 Å². The van der Waals surface area contributed by atoms with Crippen molar-refractivity contribution in [2.24, 2.45) is 0 Å². The molecule has 0 aliphatic rings. The van der Waals surface area contributed by atoms with E-state index in [2.05, 4.69) is 21.9 Å². The van der Waals surface area contributed by atoms with Crippen LogP contribution in [-0.2, 0) is 15.8 Å². The van der Waals surface area contributed by atoms with Crippen LogP contribution in [-0.4, -0.2) is 45.3 Å². The maximum absolute atomic E-state index is 12.2. The lowest BCUT2D eigenvalue weighted by Crippen LogP contribution is -2.25. The zero-order valence-electron chi connectivity index (χ0n) is 25.2. The Labute approximate surface area is 258 Å². The number of thiol groups is 2. The molecule has 0 saturated carbocycles. The van der Waals surface area contributed by atoms with Crippen molar-refractivity contribution in [3.8, 4) is 0 Å². The van der Waals surface area contributed by atoms with Crippen LogP contribution in [0.15, 0.2) is 12.7 Å². The molecule has 0 spiro atoms. The Balaban J connectivity index is 1.60. The van der Waals surface area contributed by atoms with Gasteiger partial charge in [-0.05, 0) is 32.6 Å². The molecule has 41 heavy (non-hydrogen) atoms. The Morgan fingerprint density at radius 2 is 1.44 bits per heavy atom. The van der Waals surface area contributed by atoms with Crippen molar-refractivity contribution >= 4 is 49.8 Å². The van der Waals surface area contributed by atoms with E-state index in [1.54, 1.807) is 17.8 Å². The summed E-state index contributed by atoms with van der Waals surface area (Å²) >= 11 is 9.50. The number of nitrogen functional groups attached to an aromatic ring is 1. The Hall–Kier alpha value is -0.840. The van der Waals surface area contributed by atoms with Crippen LogP contribution in [0.5, 0.6) is 0 Å². The predicted octanol–water partition coefficient (Wildman–Crippen LogP) is 7.92. The number of unbranched alkanes of at least 4 members (excludes halogenated alkanes) is 13. The van der Waals surface area contributed by atoms with Crippen LogP contribution in [0.4, 0.5) is 5.82 Å². The molecule has 9 nitrogen and oxygen atoms in total. The second kappa shape index (κ2) is 19.4. The van der Waals surface area contributed by atoms with Crippen LogP contribution in [0.3, 0.4) is 0 Å². The Kier molecular flexibility index (Phi) is 17.2. The largest absolute Gasteiger partial charge is 0.382 e. The molecule has 236 valence electrons.